The molecule has 1 heterocycles. The number of rotatable bonds is 3. The summed E-state index contributed by atoms with van der Waals surface area (Å²) >= 11 is 6.20. The highest BCUT2D eigenvalue weighted by atomic mass is 35.5. The van der Waals surface area contributed by atoms with E-state index in [1.54, 1.807) is 0 Å². The van der Waals surface area contributed by atoms with E-state index >= 15 is 0 Å². The van der Waals surface area contributed by atoms with Crippen LogP contribution in [0.2, 0.25) is 5.15 Å². The van der Waals surface area contributed by atoms with Gasteiger partial charge in [-0.05, 0) is 12.8 Å². The molecule has 0 atom stereocenters. The van der Waals surface area contributed by atoms with Crippen LogP contribution in [-0.4, -0.2) is 21.3 Å². The van der Waals surface area contributed by atoms with E-state index in [1.807, 2.05) is 11.6 Å². The molecule has 1 fully saturated rings. The van der Waals surface area contributed by atoms with Crippen molar-refractivity contribution in [3.8, 4) is 0 Å². The quantitative estimate of drug-likeness (QED) is 0.885. The SMILES string of the molecule is Cn1c(C2CCCCC2)nc(CCO)c1Cl. The standard InChI is InChI=1S/C12H19ClN2O/c1-15-11(13)10(7-8-16)14-12(15)9-5-3-2-4-6-9/h9,16H,2-8H2,1H3. The fraction of sp³-hybridized carbons (Fsp3) is 0.750. The van der Waals surface area contributed by atoms with Crippen molar-refractivity contribution in [1.29, 1.82) is 0 Å². The third-order valence-corrected chi connectivity index (χ3v) is 3.92. The lowest BCUT2D eigenvalue weighted by atomic mass is 9.89. The molecule has 2 rings (SSSR count). The van der Waals surface area contributed by atoms with Crippen molar-refractivity contribution in [2.75, 3.05) is 6.61 Å². The summed E-state index contributed by atoms with van der Waals surface area (Å²) in [6, 6.07) is 0. The molecule has 0 aromatic carbocycles. The van der Waals surface area contributed by atoms with E-state index in [2.05, 4.69) is 4.98 Å². The zero-order valence-electron chi connectivity index (χ0n) is 9.75. The first kappa shape index (κ1) is 11.9. The largest absolute Gasteiger partial charge is 0.396 e. The molecule has 1 N–H and O–H groups in total. The molecule has 0 spiro atoms. The van der Waals surface area contributed by atoms with Crippen molar-refractivity contribution in [3.05, 3.63) is 16.7 Å². The number of imidazole rings is 1. The minimum absolute atomic E-state index is 0.112. The van der Waals surface area contributed by atoms with Gasteiger partial charge in [0.25, 0.3) is 0 Å². The number of nitrogens with zero attached hydrogens (tertiary/aromatic N) is 2. The molecule has 1 aliphatic rings. The lowest BCUT2D eigenvalue weighted by molar-refractivity contribution is 0.298. The van der Waals surface area contributed by atoms with E-state index in [9.17, 15) is 0 Å². The van der Waals surface area contributed by atoms with Crippen LogP contribution in [0.15, 0.2) is 0 Å². The van der Waals surface area contributed by atoms with Crippen LogP contribution in [0.3, 0.4) is 0 Å². The van der Waals surface area contributed by atoms with Crippen LogP contribution in [0.25, 0.3) is 0 Å². The molecule has 0 saturated heterocycles. The maximum Gasteiger partial charge on any atom is 0.131 e. The first-order valence-electron chi connectivity index (χ1n) is 6.06. The Morgan fingerprint density at radius 1 is 1.38 bits per heavy atom. The number of hydrogen-bond acceptors (Lipinski definition) is 2. The van der Waals surface area contributed by atoms with Gasteiger partial charge >= 0.3 is 0 Å². The van der Waals surface area contributed by atoms with Crippen LogP contribution in [-0.2, 0) is 13.5 Å². The predicted octanol–water partition coefficient (Wildman–Crippen LogP) is 2.66. The number of aromatic nitrogens is 2. The van der Waals surface area contributed by atoms with Crippen LogP contribution < -0.4 is 0 Å². The zero-order valence-corrected chi connectivity index (χ0v) is 10.5. The molecule has 0 amide bonds. The Balaban J connectivity index is 2.22. The second-order valence-corrected chi connectivity index (χ2v) is 4.93. The summed E-state index contributed by atoms with van der Waals surface area (Å²) in [5, 5.41) is 9.64. The minimum atomic E-state index is 0.112. The highest BCUT2D eigenvalue weighted by Gasteiger charge is 2.22. The van der Waals surface area contributed by atoms with Gasteiger partial charge in [-0.15, -0.1) is 0 Å². The van der Waals surface area contributed by atoms with Gasteiger partial charge < -0.3 is 9.67 Å². The van der Waals surface area contributed by atoms with Gasteiger partial charge in [0.2, 0.25) is 0 Å². The van der Waals surface area contributed by atoms with Crippen molar-refractivity contribution in [3.63, 3.8) is 0 Å². The van der Waals surface area contributed by atoms with E-state index in [0.717, 1.165) is 11.5 Å². The molecule has 0 unspecified atom stereocenters. The molecule has 0 bridgehead atoms. The maximum atomic E-state index is 8.95. The van der Waals surface area contributed by atoms with E-state index in [0.29, 0.717) is 17.5 Å². The Hall–Kier alpha value is -0.540. The zero-order chi connectivity index (χ0) is 11.5. The molecule has 1 aliphatic carbocycles. The van der Waals surface area contributed by atoms with Crippen LogP contribution in [0.4, 0.5) is 0 Å². The Kier molecular flexibility index (Phi) is 3.87. The third kappa shape index (κ3) is 2.25. The van der Waals surface area contributed by atoms with Gasteiger partial charge in [0.15, 0.2) is 0 Å². The number of aliphatic hydroxyl groups is 1. The van der Waals surface area contributed by atoms with Crippen LogP contribution >= 0.6 is 11.6 Å². The summed E-state index contributed by atoms with van der Waals surface area (Å²) in [6.07, 6.45) is 6.94. The number of hydrogen-bond donors (Lipinski definition) is 1. The average Bonchev–Trinajstić information content (AvgIpc) is 2.59. The average molecular weight is 243 g/mol. The van der Waals surface area contributed by atoms with E-state index in [4.69, 9.17) is 16.7 Å². The molecule has 1 aromatic heterocycles. The lowest BCUT2D eigenvalue weighted by Crippen LogP contribution is -2.10. The molecular weight excluding hydrogens is 224 g/mol. The monoisotopic (exact) mass is 242 g/mol. The summed E-state index contributed by atoms with van der Waals surface area (Å²) < 4.78 is 1.99. The second-order valence-electron chi connectivity index (χ2n) is 4.58. The highest BCUT2D eigenvalue weighted by Crippen LogP contribution is 2.33. The molecule has 0 aliphatic heterocycles. The smallest absolute Gasteiger partial charge is 0.131 e. The van der Waals surface area contributed by atoms with Gasteiger partial charge in [-0.1, -0.05) is 30.9 Å². The third-order valence-electron chi connectivity index (χ3n) is 3.44. The van der Waals surface area contributed by atoms with E-state index in [-0.39, 0.29) is 6.61 Å². The summed E-state index contributed by atoms with van der Waals surface area (Å²) in [7, 11) is 1.97. The Morgan fingerprint density at radius 3 is 2.69 bits per heavy atom. The van der Waals surface area contributed by atoms with Gasteiger partial charge in [0.1, 0.15) is 11.0 Å². The van der Waals surface area contributed by atoms with Crippen molar-refractivity contribution in [1.82, 2.24) is 9.55 Å². The first-order chi connectivity index (χ1) is 7.74. The Bertz CT molecular complexity index is 356. The number of aliphatic hydroxyl groups excluding tert-OH is 1. The molecule has 1 saturated carbocycles. The van der Waals surface area contributed by atoms with Gasteiger partial charge in [-0.2, -0.15) is 0 Å². The van der Waals surface area contributed by atoms with Crippen molar-refractivity contribution < 1.29 is 5.11 Å². The highest BCUT2D eigenvalue weighted by molar-refractivity contribution is 6.30. The van der Waals surface area contributed by atoms with Crippen LogP contribution in [0.1, 0.15) is 49.5 Å². The predicted molar refractivity (Wildman–Crippen MR) is 64.8 cm³/mol. The molecule has 3 nitrogen and oxygen atoms in total. The van der Waals surface area contributed by atoms with Crippen LogP contribution in [0.5, 0.6) is 0 Å². The van der Waals surface area contributed by atoms with Gasteiger partial charge in [-0.25, -0.2) is 4.98 Å². The molecule has 90 valence electrons. The van der Waals surface area contributed by atoms with Crippen LogP contribution in [0, 0.1) is 0 Å². The number of halogens is 1. The lowest BCUT2D eigenvalue weighted by Gasteiger charge is -2.20. The van der Waals surface area contributed by atoms with Crippen molar-refractivity contribution >= 4 is 11.6 Å². The molecule has 1 aromatic rings. The summed E-state index contributed by atoms with van der Waals surface area (Å²) in [6.45, 7) is 0.112. The Morgan fingerprint density at radius 2 is 2.06 bits per heavy atom. The van der Waals surface area contributed by atoms with E-state index < -0.39 is 0 Å². The second kappa shape index (κ2) is 5.19. The molecule has 0 radical (unpaired) electrons. The first-order valence-corrected chi connectivity index (χ1v) is 6.43. The molecular formula is C12H19ClN2O. The normalized spacial score (nSPS) is 17.9. The summed E-state index contributed by atoms with van der Waals surface area (Å²) in [4.78, 5) is 4.59. The topological polar surface area (TPSA) is 38.0 Å². The fourth-order valence-corrected chi connectivity index (χ4v) is 2.77. The van der Waals surface area contributed by atoms with Crippen molar-refractivity contribution in [2.45, 2.75) is 44.4 Å². The minimum Gasteiger partial charge on any atom is -0.396 e. The maximum absolute atomic E-state index is 8.95. The van der Waals surface area contributed by atoms with E-state index in [1.165, 1.54) is 32.1 Å². The molecule has 4 heteroatoms. The van der Waals surface area contributed by atoms with Gasteiger partial charge in [-0.3, -0.25) is 0 Å². The van der Waals surface area contributed by atoms with Gasteiger partial charge in [0.05, 0.1) is 5.69 Å². The Labute approximate surface area is 101 Å². The summed E-state index contributed by atoms with van der Waals surface area (Å²) in [5.41, 5.74) is 0.840. The summed E-state index contributed by atoms with van der Waals surface area (Å²) in [5.74, 6) is 1.66. The molecule has 16 heavy (non-hydrogen) atoms. The van der Waals surface area contributed by atoms with Crippen molar-refractivity contribution in [2.24, 2.45) is 7.05 Å². The fourth-order valence-electron chi connectivity index (χ4n) is 2.54. The van der Waals surface area contributed by atoms with Gasteiger partial charge in [0, 0.05) is 26.0 Å².